The number of nitrogens with zero attached hydrogens (tertiary/aromatic N) is 1. The Morgan fingerprint density at radius 3 is 2.06 bits per heavy atom. The molecule has 0 radical (unpaired) electrons. The van der Waals surface area contributed by atoms with Gasteiger partial charge >= 0.3 is 0 Å². The van der Waals surface area contributed by atoms with Gasteiger partial charge in [-0.3, -0.25) is 14.4 Å². The maximum absolute atomic E-state index is 14.1. The van der Waals surface area contributed by atoms with Crippen LogP contribution in [-0.4, -0.2) is 28.8 Å². The number of imide groups is 1. The van der Waals surface area contributed by atoms with Crippen LogP contribution in [0.25, 0.3) is 0 Å². The fourth-order valence-corrected chi connectivity index (χ4v) is 1.82. The molecule has 88 valence electrons. The summed E-state index contributed by atoms with van der Waals surface area (Å²) in [5.41, 5.74) is 0.268. The lowest BCUT2D eigenvalue weighted by molar-refractivity contribution is -0.125. The van der Waals surface area contributed by atoms with E-state index in [4.69, 9.17) is 0 Å². The Morgan fingerprint density at radius 2 is 1.71 bits per heavy atom. The third-order valence-corrected chi connectivity index (χ3v) is 2.84. The van der Waals surface area contributed by atoms with E-state index in [0.717, 1.165) is 0 Å². The first-order chi connectivity index (χ1) is 8.05. The molecule has 0 saturated heterocycles. The maximum Gasteiger partial charge on any atom is 0.264 e. The lowest BCUT2D eigenvalue weighted by atomic mass is 10.1. The molecule has 1 aromatic rings. The van der Waals surface area contributed by atoms with Crippen molar-refractivity contribution < 1.29 is 18.8 Å². The second kappa shape index (κ2) is 3.76. The van der Waals surface area contributed by atoms with E-state index in [-0.39, 0.29) is 23.8 Å². The van der Waals surface area contributed by atoms with Crippen LogP contribution in [0, 0.1) is 0 Å². The van der Waals surface area contributed by atoms with E-state index >= 15 is 0 Å². The van der Waals surface area contributed by atoms with E-state index in [1.807, 2.05) is 0 Å². The Bertz CT molecular complexity index is 479. The van der Waals surface area contributed by atoms with Crippen LogP contribution in [0.2, 0.25) is 0 Å². The number of rotatable bonds is 3. The van der Waals surface area contributed by atoms with E-state index in [0.29, 0.717) is 4.90 Å². The molecule has 2 amide bonds. The largest absolute Gasteiger partial charge is 0.298 e. The quantitative estimate of drug-likeness (QED) is 0.454. The zero-order chi connectivity index (χ0) is 12.6. The van der Waals surface area contributed by atoms with Gasteiger partial charge in [-0.25, -0.2) is 9.29 Å². The number of hydrogen-bond acceptors (Lipinski definition) is 3. The SMILES string of the molecule is CC[C@](F)(C=O)N1C(=O)c2ccccc2C1=O. The molecule has 4 nitrogen and oxygen atoms in total. The molecule has 0 bridgehead atoms. The minimum absolute atomic E-state index is 0.00528. The molecule has 1 atom stereocenters. The standard InChI is InChI=1S/C12H10FNO3/c1-2-12(13,7-15)14-10(16)8-5-3-4-6-9(8)11(14)17/h3-7H,2H2,1H3/t12-/m1/s1. The van der Waals surface area contributed by atoms with Crippen LogP contribution in [0.4, 0.5) is 4.39 Å². The number of carbonyl (C=O) groups excluding carboxylic acids is 3. The van der Waals surface area contributed by atoms with Crippen molar-refractivity contribution >= 4 is 18.1 Å². The van der Waals surface area contributed by atoms with Crippen molar-refractivity contribution in [3.63, 3.8) is 0 Å². The highest BCUT2D eigenvalue weighted by Gasteiger charge is 2.48. The minimum Gasteiger partial charge on any atom is -0.298 e. The van der Waals surface area contributed by atoms with Gasteiger partial charge in [0.15, 0.2) is 6.29 Å². The molecule has 0 aliphatic carbocycles. The molecule has 1 aromatic carbocycles. The van der Waals surface area contributed by atoms with Gasteiger partial charge in [-0.05, 0) is 12.1 Å². The fraction of sp³-hybridized carbons (Fsp3) is 0.250. The van der Waals surface area contributed by atoms with Gasteiger partial charge in [0, 0.05) is 6.42 Å². The summed E-state index contributed by atoms with van der Waals surface area (Å²) in [6, 6.07) is 6.05. The first-order valence-corrected chi connectivity index (χ1v) is 5.18. The Balaban J connectivity index is 2.53. The van der Waals surface area contributed by atoms with Crippen molar-refractivity contribution in [1.29, 1.82) is 0 Å². The number of carbonyl (C=O) groups is 3. The molecule has 0 N–H and O–H groups in total. The van der Waals surface area contributed by atoms with Gasteiger partial charge in [-0.1, -0.05) is 19.1 Å². The van der Waals surface area contributed by atoms with Crippen LogP contribution in [0.3, 0.4) is 0 Å². The Morgan fingerprint density at radius 1 is 1.24 bits per heavy atom. The zero-order valence-corrected chi connectivity index (χ0v) is 9.14. The molecule has 2 rings (SSSR count). The summed E-state index contributed by atoms with van der Waals surface area (Å²) < 4.78 is 14.1. The average Bonchev–Trinajstić information content (AvgIpc) is 2.62. The molecule has 0 aromatic heterocycles. The molecule has 1 aliphatic heterocycles. The summed E-state index contributed by atoms with van der Waals surface area (Å²) in [6.07, 6.45) is -0.267. The summed E-state index contributed by atoms with van der Waals surface area (Å²) >= 11 is 0. The highest BCUT2D eigenvalue weighted by Crippen LogP contribution is 2.31. The van der Waals surface area contributed by atoms with Gasteiger partial charge in [0.2, 0.25) is 5.79 Å². The molecule has 0 saturated carbocycles. The van der Waals surface area contributed by atoms with E-state index in [2.05, 4.69) is 0 Å². The monoisotopic (exact) mass is 235 g/mol. The average molecular weight is 235 g/mol. The Kier molecular flexibility index (Phi) is 2.53. The second-order valence-corrected chi connectivity index (χ2v) is 3.78. The van der Waals surface area contributed by atoms with Gasteiger partial charge in [-0.2, -0.15) is 0 Å². The maximum atomic E-state index is 14.1. The Labute approximate surface area is 97.0 Å². The number of amides is 2. The second-order valence-electron chi connectivity index (χ2n) is 3.78. The number of halogens is 1. The molecular weight excluding hydrogens is 225 g/mol. The number of hydrogen-bond donors (Lipinski definition) is 0. The van der Waals surface area contributed by atoms with Crippen LogP contribution in [0.5, 0.6) is 0 Å². The van der Waals surface area contributed by atoms with E-state index in [1.165, 1.54) is 19.1 Å². The number of aldehydes is 1. The highest BCUT2D eigenvalue weighted by atomic mass is 19.1. The van der Waals surface area contributed by atoms with Crippen LogP contribution in [0.15, 0.2) is 24.3 Å². The first kappa shape index (κ1) is 11.4. The summed E-state index contributed by atoms with van der Waals surface area (Å²) in [4.78, 5) is 34.9. The Hall–Kier alpha value is -2.04. The highest BCUT2D eigenvalue weighted by molar-refractivity contribution is 6.22. The molecule has 5 heteroatoms. The molecule has 0 fully saturated rings. The molecular formula is C12H10FNO3. The van der Waals surface area contributed by atoms with Crippen LogP contribution in [0.1, 0.15) is 34.1 Å². The third-order valence-electron chi connectivity index (χ3n) is 2.84. The van der Waals surface area contributed by atoms with Crippen molar-refractivity contribution in [2.24, 2.45) is 0 Å². The number of fused-ring (bicyclic) bond motifs is 1. The van der Waals surface area contributed by atoms with Crippen LogP contribution < -0.4 is 0 Å². The van der Waals surface area contributed by atoms with Crippen molar-refractivity contribution in [2.75, 3.05) is 0 Å². The van der Waals surface area contributed by atoms with Gasteiger partial charge < -0.3 is 0 Å². The van der Waals surface area contributed by atoms with E-state index in [1.54, 1.807) is 12.1 Å². The lowest BCUT2D eigenvalue weighted by Crippen LogP contribution is -2.49. The minimum atomic E-state index is -2.56. The van der Waals surface area contributed by atoms with Crippen LogP contribution >= 0.6 is 0 Å². The normalized spacial score (nSPS) is 17.9. The van der Waals surface area contributed by atoms with Crippen molar-refractivity contribution in [2.45, 2.75) is 19.1 Å². The number of alkyl halides is 1. The van der Waals surface area contributed by atoms with E-state index < -0.39 is 17.6 Å². The van der Waals surface area contributed by atoms with E-state index in [9.17, 15) is 18.8 Å². The predicted octanol–water partition coefficient (Wildman–Crippen LogP) is 1.56. The first-order valence-electron chi connectivity index (χ1n) is 5.18. The summed E-state index contributed by atoms with van der Waals surface area (Å²) in [7, 11) is 0. The van der Waals surface area contributed by atoms with Crippen molar-refractivity contribution in [3.05, 3.63) is 35.4 Å². The molecule has 1 aliphatic rings. The van der Waals surface area contributed by atoms with Crippen molar-refractivity contribution in [1.82, 2.24) is 4.90 Å². The predicted molar refractivity (Wildman–Crippen MR) is 57.1 cm³/mol. The number of benzene rings is 1. The fourth-order valence-electron chi connectivity index (χ4n) is 1.82. The topological polar surface area (TPSA) is 54.5 Å². The van der Waals surface area contributed by atoms with Gasteiger partial charge in [0.25, 0.3) is 11.8 Å². The third kappa shape index (κ3) is 1.46. The van der Waals surface area contributed by atoms with Gasteiger partial charge in [-0.15, -0.1) is 0 Å². The summed E-state index contributed by atoms with van der Waals surface area (Å²) in [6.45, 7) is 1.40. The smallest absolute Gasteiger partial charge is 0.264 e. The molecule has 0 unspecified atom stereocenters. The lowest BCUT2D eigenvalue weighted by Gasteiger charge is -2.26. The van der Waals surface area contributed by atoms with Crippen molar-refractivity contribution in [3.8, 4) is 0 Å². The summed E-state index contributed by atoms with van der Waals surface area (Å²) in [5.74, 6) is -4.09. The van der Waals surface area contributed by atoms with Gasteiger partial charge in [0.1, 0.15) is 0 Å². The zero-order valence-electron chi connectivity index (χ0n) is 9.14. The molecule has 0 spiro atoms. The molecule has 17 heavy (non-hydrogen) atoms. The van der Waals surface area contributed by atoms with Gasteiger partial charge in [0.05, 0.1) is 11.1 Å². The van der Waals surface area contributed by atoms with Crippen LogP contribution in [-0.2, 0) is 4.79 Å². The molecule has 1 heterocycles. The summed E-state index contributed by atoms with van der Waals surface area (Å²) in [5, 5.41) is 0.